The Balaban J connectivity index is 1.05. The van der Waals surface area contributed by atoms with E-state index in [2.05, 4.69) is 67.5 Å². The second kappa shape index (κ2) is 12.6. The summed E-state index contributed by atoms with van der Waals surface area (Å²) < 4.78 is 10.9. The highest BCUT2D eigenvalue weighted by Gasteiger charge is 2.33. The van der Waals surface area contributed by atoms with Gasteiger partial charge in [0.2, 0.25) is 11.8 Å². The van der Waals surface area contributed by atoms with E-state index < -0.39 is 6.09 Å². The molecule has 8 rings (SSSR count). The van der Waals surface area contributed by atoms with Crippen molar-refractivity contribution in [2.75, 3.05) is 26.7 Å². The first-order chi connectivity index (χ1) is 23.9. The van der Waals surface area contributed by atoms with Crippen LogP contribution in [0.2, 0.25) is 0 Å². The van der Waals surface area contributed by atoms with Crippen LogP contribution in [-0.4, -0.2) is 74.4 Å². The average Bonchev–Trinajstić information content (AvgIpc) is 3.95. The molecule has 49 heavy (non-hydrogen) atoms. The summed E-state index contributed by atoms with van der Waals surface area (Å²) >= 11 is 0. The summed E-state index contributed by atoms with van der Waals surface area (Å²) in [5.41, 5.74) is 6.94. The minimum Gasteiger partial charge on any atom is -0.488 e. The summed E-state index contributed by atoms with van der Waals surface area (Å²) in [7, 11) is 1.27. The van der Waals surface area contributed by atoms with E-state index in [1.807, 2.05) is 18.0 Å². The van der Waals surface area contributed by atoms with Crippen molar-refractivity contribution in [2.45, 2.75) is 64.1 Å². The number of imidazole rings is 2. The van der Waals surface area contributed by atoms with E-state index in [4.69, 9.17) is 9.72 Å². The minimum absolute atomic E-state index is 0.0164. The van der Waals surface area contributed by atoms with Crippen LogP contribution in [0.5, 0.6) is 5.75 Å². The van der Waals surface area contributed by atoms with Crippen LogP contribution in [0.3, 0.4) is 0 Å². The molecule has 5 heterocycles. The number of carbonyl (C=O) groups is 3. The molecule has 3 aromatic carbocycles. The number of benzene rings is 3. The first kappa shape index (κ1) is 30.9. The van der Waals surface area contributed by atoms with Crippen LogP contribution < -0.4 is 10.1 Å². The van der Waals surface area contributed by atoms with Gasteiger partial charge < -0.3 is 34.6 Å². The third-order valence-electron chi connectivity index (χ3n) is 10.1. The van der Waals surface area contributed by atoms with Crippen molar-refractivity contribution in [3.05, 3.63) is 65.9 Å². The highest BCUT2D eigenvalue weighted by Crippen LogP contribution is 2.43. The molecule has 2 saturated heterocycles. The molecule has 3 aliphatic rings. The minimum atomic E-state index is -0.631. The lowest BCUT2D eigenvalue weighted by Crippen LogP contribution is -2.40. The van der Waals surface area contributed by atoms with Gasteiger partial charge in [0, 0.05) is 30.5 Å². The fourth-order valence-electron chi connectivity index (χ4n) is 7.66. The molecule has 0 bridgehead atoms. The summed E-state index contributed by atoms with van der Waals surface area (Å²) in [5, 5.41) is 4.57. The normalized spacial score (nSPS) is 18.4. The number of nitrogens with one attached hydrogen (secondary N) is 3. The van der Waals surface area contributed by atoms with Crippen molar-refractivity contribution in [3.8, 4) is 28.1 Å². The van der Waals surface area contributed by atoms with E-state index >= 15 is 0 Å². The van der Waals surface area contributed by atoms with Crippen molar-refractivity contribution in [3.63, 3.8) is 0 Å². The molecule has 3 N–H and O–H groups in total. The van der Waals surface area contributed by atoms with Crippen molar-refractivity contribution in [1.82, 2.24) is 35.1 Å². The fraction of sp³-hybridized carbons (Fsp3) is 0.378. The van der Waals surface area contributed by atoms with Crippen LogP contribution in [0.25, 0.3) is 44.2 Å². The lowest BCUT2D eigenvalue weighted by molar-refractivity contribution is -0.132. The van der Waals surface area contributed by atoms with Crippen molar-refractivity contribution < 1.29 is 23.9 Å². The van der Waals surface area contributed by atoms with Crippen molar-refractivity contribution >= 4 is 39.7 Å². The Kier molecular flexibility index (Phi) is 7.93. The first-order valence-electron chi connectivity index (χ1n) is 17.1. The number of fused-ring (bicyclic) bond motifs is 6. The number of aromatic nitrogens is 4. The molecule has 3 aliphatic heterocycles. The number of hydrogen-bond acceptors (Lipinski definition) is 7. The number of ether oxygens (including phenoxy) is 2. The second-order valence-corrected chi connectivity index (χ2v) is 13.1. The van der Waals surface area contributed by atoms with Crippen LogP contribution in [0.4, 0.5) is 4.79 Å². The standard InChI is InChI=1S/C37H39N7O5/c1-3-6-32(45)43-13-5-8-30(43)36-40-27-12-10-21-16-26-24-11-9-22(15-23(24)20-49-31(26)17-25(21)34(27)42-36)28-18-38-35(41-28)29-7-4-14-44(29)33(46)19-39-37(47)48-2/h9-12,15-18,29-30H,3-8,13-14,19-20H2,1-2H3,(H,38,41)(H,39,47)(H,40,42)/t29?,30-/m0/s1. The van der Waals surface area contributed by atoms with Crippen LogP contribution in [0.15, 0.2) is 48.7 Å². The van der Waals surface area contributed by atoms with Gasteiger partial charge in [-0.15, -0.1) is 0 Å². The summed E-state index contributed by atoms with van der Waals surface area (Å²) in [6.07, 6.45) is 6.14. The first-order valence-corrected chi connectivity index (χ1v) is 17.1. The summed E-state index contributed by atoms with van der Waals surface area (Å²) in [6, 6.07) is 14.6. The molecule has 2 aromatic heterocycles. The molecular weight excluding hydrogens is 622 g/mol. The molecule has 0 saturated carbocycles. The van der Waals surface area contributed by atoms with E-state index in [0.717, 1.165) is 106 Å². The third kappa shape index (κ3) is 5.54. The van der Waals surface area contributed by atoms with E-state index in [9.17, 15) is 14.4 Å². The lowest BCUT2D eigenvalue weighted by Gasteiger charge is -2.23. The number of hydrogen-bond donors (Lipinski definition) is 3. The van der Waals surface area contributed by atoms with Gasteiger partial charge in [0.15, 0.2) is 0 Å². The zero-order chi connectivity index (χ0) is 33.6. The van der Waals surface area contributed by atoms with Gasteiger partial charge in [-0.2, -0.15) is 0 Å². The Morgan fingerprint density at radius 3 is 2.55 bits per heavy atom. The quantitative estimate of drug-likeness (QED) is 0.190. The Hall–Kier alpha value is -5.39. The molecular formula is C37H39N7O5. The number of aromatic amines is 2. The highest BCUT2D eigenvalue weighted by atomic mass is 16.5. The number of amides is 3. The van der Waals surface area contributed by atoms with Gasteiger partial charge in [-0.25, -0.2) is 14.8 Å². The number of likely N-dealkylation sites (tertiary alicyclic amines) is 2. The second-order valence-electron chi connectivity index (χ2n) is 13.1. The van der Waals surface area contributed by atoms with Crippen molar-refractivity contribution in [2.24, 2.45) is 0 Å². The van der Waals surface area contributed by atoms with Gasteiger partial charge in [0.1, 0.15) is 30.5 Å². The van der Waals surface area contributed by atoms with Crippen LogP contribution >= 0.6 is 0 Å². The van der Waals surface area contributed by atoms with Gasteiger partial charge in [0.05, 0.1) is 42.1 Å². The lowest BCUT2D eigenvalue weighted by atomic mass is 9.92. The Labute approximate surface area is 283 Å². The highest BCUT2D eigenvalue weighted by molar-refractivity contribution is 6.07. The maximum absolute atomic E-state index is 12.8. The third-order valence-corrected chi connectivity index (χ3v) is 10.1. The summed E-state index contributed by atoms with van der Waals surface area (Å²) in [6.45, 7) is 3.74. The topological polar surface area (TPSA) is 146 Å². The largest absolute Gasteiger partial charge is 0.488 e. The molecule has 5 aromatic rings. The van der Waals surface area contributed by atoms with Crippen molar-refractivity contribution in [1.29, 1.82) is 0 Å². The SMILES string of the molecule is CCCC(=O)N1CCC[C@H]1c1nc2c(ccc3cc4c(cc32)OCc2cc(-c3cnc(C5CCCN5C(=O)CNC(=O)OC)[nH]3)ccc2-4)[nH]1. The van der Waals surface area contributed by atoms with Crippen LogP contribution in [-0.2, 0) is 20.9 Å². The monoisotopic (exact) mass is 661 g/mol. The molecule has 2 atom stereocenters. The zero-order valence-electron chi connectivity index (χ0n) is 27.7. The Morgan fingerprint density at radius 2 is 1.76 bits per heavy atom. The summed E-state index contributed by atoms with van der Waals surface area (Å²) in [4.78, 5) is 57.5. The van der Waals surface area contributed by atoms with Gasteiger partial charge in [-0.3, -0.25) is 9.59 Å². The van der Waals surface area contributed by atoms with E-state index in [1.54, 1.807) is 4.90 Å². The predicted molar refractivity (Wildman–Crippen MR) is 184 cm³/mol. The molecule has 0 spiro atoms. The molecule has 1 unspecified atom stereocenters. The maximum atomic E-state index is 12.8. The van der Waals surface area contributed by atoms with Gasteiger partial charge in [-0.1, -0.05) is 25.1 Å². The summed E-state index contributed by atoms with van der Waals surface area (Å²) in [5.74, 6) is 2.43. The predicted octanol–water partition coefficient (Wildman–Crippen LogP) is 6.15. The number of rotatable bonds is 7. The number of carbonyl (C=O) groups excluding carboxylic acids is 3. The van der Waals surface area contributed by atoms with E-state index in [1.165, 1.54) is 7.11 Å². The number of nitrogens with zero attached hydrogens (tertiary/aromatic N) is 4. The van der Waals surface area contributed by atoms with Crippen LogP contribution in [0.1, 0.15) is 74.7 Å². The number of methoxy groups -OCH3 is 1. The average molecular weight is 662 g/mol. The molecule has 12 nitrogen and oxygen atoms in total. The van der Waals surface area contributed by atoms with E-state index in [-0.39, 0.29) is 30.4 Å². The zero-order valence-corrected chi connectivity index (χ0v) is 27.7. The Morgan fingerprint density at radius 1 is 0.959 bits per heavy atom. The molecule has 252 valence electrons. The smallest absolute Gasteiger partial charge is 0.407 e. The maximum Gasteiger partial charge on any atom is 0.407 e. The van der Waals surface area contributed by atoms with Gasteiger partial charge in [0.25, 0.3) is 0 Å². The molecule has 0 radical (unpaired) electrons. The van der Waals surface area contributed by atoms with Gasteiger partial charge in [-0.05, 0) is 78.4 Å². The fourth-order valence-corrected chi connectivity index (χ4v) is 7.66. The van der Waals surface area contributed by atoms with Crippen LogP contribution in [0, 0.1) is 0 Å². The van der Waals surface area contributed by atoms with E-state index in [0.29, 0.717) is 19.6 Å². The van der Waals surface area contributed by atoms with Gasteiger partial charge >= 0.3 is 6.09 Å². The Bertz CT molecular complexity index is 2100. The molecule has 12 heteroatoms. The molecule has 0 aliphatic carbocycles. The molecule has 2 fully saturated rings. The molecule has 3 amide bonds. The number of H-pyrrole nitrogens is 2. The number of alkyl carbamates (subject to hydrolysis) is 1.